The zero-order chi connectivity index (χ0) is 19.2. The third-order valence-corrected chi connectivity index (χ3v) is 3.66. The molecule has 27 heavy (non-hydrogen) atoms. The molecular formula is C20H18FN3O3. The van der Waals surface area contributed by atoms with E-state index in [0.29, 0.717) is 22.8 Å². The zero-order valence-corrected chi connectivity index (χ0v) is 14.9. The lowest BCUT2D eigenvalue weighted by Gasteiger charge is -2.13. The van der Waals surface area contributed by atoms with Gasteiger partial charge in [-0.05, 0) is 38.1 Å². The summed E-state index contributed by atoms with van der Waals surface area (Å²) >= 11 is 0. The first kappa shape index (κ1) is 18.3. The number of amides is 1. The molecule has 0 bridgehead atoms. The van der Waals surface area contributed by atoms with Crippen LogP contribution in [0.4, 0.5) is 10.1 Å². The third-order valence-electron chi connectivity index (χ3n) is 3.66. The quantitative estimate of drug-likeness (QED) is 0.712. The van der Waals surface area contributed by atoms with E-state index in [1.54, 1.807) is 38.1 Å². The van der Waals surface area contributed by atoms with E-state index in [2.05, 4.69) is 15.3 Å². The zero-order valence-electron chi connectivity index (χ0n) is 14.9. The number of nitrogens with zero attached hydrogens (tertiary/aromatic N) is 2. The number of rotatable bonds is 6. The average Bonchev–Trinajstić information content (AvgIpc) is 2.65. The first-order chi connectivity index (χ1) is 13.0. The van der Waals surface area contributed by atoms with Gasteiger partial charge in [-0.1, -0.05) is 30.3 Å². The minimum absolute atomic E-state index is 0.0175. The molecular weight excluding hydrogens is 349 g/mol. The Balaban J connectivity index is 1.66. The molecule has 1 aromatic heterocycles. The molecule has 1 N–H and O–H groups in total. The van der Waals surface area contributed by atoms with Crippen molar-refractivity contribution in [2.24, 2.45) is 0 Å². The maximum Gasteiger partial charge on any atom is 0.322 e. The summed E-state index contributed by atoms with van der Waals surface area (Å²) in [6.45, 7) is 3.14. The molecule has 3 aromatic rings. The Morgan fingerprint density at radius 2 is 1.63 bits per heavy atom. The maximum absolute atomic E-state index is 13.5. The number of aromatic nitrogens is 2. The molecule has 6 nitrogen and oxygen atoms in total. The van der Waals surface area contributed by atoms with Gasteiger partial charge in [0.1, 0.15) is 5.75 Å². The molecule has 1 heterocycles. The van der Waals surface area contributed by atoms with Crippen LogP contribution in [0.5, 0.6) is 17.5 Å². The Hall–Kier alpha value is -3.48. The SMILES string of the molecule is Cc1nc(Oc2ccccc2)nc(C)c1NC(=O)COc1ccccc1F. The van der Waals surface area contributed by atoms with Gasteiger partial charge in [-0.2, -0.15) is 9.97 Å². The van der Waals surface area contributed by atoms with Crippen LogP contribution in [-0.4, -0.2) is 22.5 Å². The van der Waals surface area contributed by atoms with Crippen LogP contribution in [0.15, 0.2) is 54.6 Å². The Morgan fingerprint density at radius 3 is 2.30 bits per heavy atom. The lowest BCUT2D eigenvalue weighted by molar-refractivity contribution is -0.118. The highest BCUT2D eigenvalue weighted by molar-refractivity contribution is 5.92. The van der Waals surface area contributed by atoms with Gasteiger partial charge in [0.25, 0.3) is 5.91 Å². The lowest BCUT2D eigenvalue weighted by Crippen LogP contribution is -2.22. The van der Waals surface area contributed by atoms with Gasteiger partial charge in [0.2, 0.25) is 0 Å². The summed E-state index contributed by atoms with van der Waals surface area (Å²) in [6.07, 6.45) is 0. The number of nitrogens with one attached hydrogen (secondary N) is 1. The maximum atomic E-state index is 13.5. The van der Waals surface area contributed by atoms with E-state index in [1.807, 2.05) is 18.2 Å². The van der Waals surface area contributed by atoms with Crippen molar-refractivity contribution in [3.05, 3.63) is 71.8 Å². The number of carbonyl (C=O) groups excluding carboxylic acids is 1. The largest absolute Gasteiger partial charge is 0.481 e. The average molecular weight is 367 g/mol. The fraction of sp³-hybridized carbons (Fsp3) is 0.150. The Morgan fingerprint density at radius 1 is 1.00 bits per heavy atom. The minimum Gasteiger partial charge on any atom is -0.481 e. The van der Waals surface area contributed by atoms with Crippen molar-refractivity contribution in [1.82, 2.24) is 9.97 Å². The van der Waals surface area contributed by atoms with Crippen LogP contribution in [0.25, 0.3) is 0 Å². The number of para-hydroxylation sites is 2. The summed E-state index contributed by atoms with van der Waals surface area (Å²) in [5.41, 5.74) is 1.57. The van der Waals surface area contributed by atoms with Crippen LogP contribution in [0.1, 0.15) is 11.4 Å². The minimum atomic E-state index is -0.525. The summed E-state index contributed by atoms with van der Waals surface area (Å²) in [5.74, 6) is -0.330. The number of hydrogen-bond acceptors (Lipinski definition) is 5. The van der Waals surface area contributed by atoms with E-state index >= 15 is 0 Å². The third kappa shape index (κ3) is 4.78. The van der Waals surface area contributed by atoms with Crippen molar-refractivity contribution >= 4 is 11.6 Å². The van der Waals surface area contributed by atoms with E-state index in [9.17, 15) is 9.18 Å². The molecule has 0 saturated carbocycles. The number of carbonyl (C=O) groups is 1. The predicted molar refractivity (Wildman–Crippen MR) is 98.5 cm³/mol. The van der Waals surface area contributed by atoms with Gasteiger partial charge in [-0.3, -0.25) is 4.79 Å². The number of hydrogen-bond donors (Lipinski definition) is 1. The molecule has 0 aliphatic heterocycles. The van der Waals surface area contributed by atoms with E-state index in [4.69, 9.17) is 9.47 Å². The molecule has 0 fully saturated rings. The Bertz CT molecular complexity index is 925. The van der Waals surface area contributed by atoms with Crippen LogP contribution in [0, 0.1) is 19.7 Å². The number of aryl methyl sites for hydroxylation is 2. The van der Waals surface area contributed by atoms with E-state index < -0.39 is 11.7 Å². The van der Waals surface area contributed by atoms with E-state index in [-0.39, 0.29) is 18.4 Å². The second-order valence-electron chi connectivity index (χ2n) is 5.73. The topological polar surface area (TPSA) is 73.3 Å². The van der Waals surface area contributed by atoms with Gasteiger partial charge in [-0.25, -0.2) is 4.39 Å². The Kier molecular flexibility index (Phi) is 5.61. The van der Waals surface area contributed by atoms with E-state index in [1.165, 1.54) is 12.1 Å². The molecule has 138 valence electrons. The smallest absolute Gasteiger partial charge is 0.322 e. The molecule has 0 atom stereocenters. The first-order valence-electron chi connectivity index (χ1n) is 8.28. The van der Waals surface area contributed by atoms with Crippen LogP contribution in [0.2, 0.25) is 0 Å². The highest BCUT2D eigenvalue weighted by Crippen LogP contribution is 2.23. The molecule has 0 unspecified atom stereocenters. The predicted octanol–water partition coefficient (Wildman–Crippen LogP) is 4.04. The second-order valence-corrected chi connectivity index (χ2v) is 5.73. The fourth-order valence-electron chi connectivity index (χ4n) is 2.39. The van der Waals surface area contributed by atoms with Gasteiger partial charge in [-0.15, -0.1) is 0 Å². The number of benzene rings is 2. The summed E-state index contributed by atoms with van der Waals surface area (Å²) in [5, 5.41) is 2.69. The van der Waals surface area contributed by atoms with Gasteiger partial charge >= 0.3 is 6.01 Å². The normalized spacial score (nSPS) is 10.3. The van der Waals surface area contributed by atoms with Crippen LogP contribution >= 0.6 is 0 Å². The lowest BCUT2D eigenvalue weighted by atomic mass is 10.3. The molecule has 1 amide bonds. The molecule has 7 heteroatoms. The molecule has 3 rings (SSSR count). The van der Waals surface area contributed by atoms with Gasteiger partial charge in [0.05, 0.1) is 17.1 Å². The summed E-state index contributed by atoms with van der Waals surface area (Å²) in [6, 6.07) is 15.3. The summed E-state index contributed by atoms with van der Waals surface area (Å²) in [4.78, 5) is 20.7. The van der Waals surface area contributed by atoms with Crippen molar-refractivity contribution in [2.45, 2.75) is 13.8 Å². The van der Waals surface area contributed by atoms with Crippen LogP contribution in [0.3, 0.4) is 0 Å². The summed E-state index contributed by atoms with van der Waals surface area (Å²) in [7, 11) is 0. The molecule has 0 radical (unpaired) electrons. The van der Waals surface area contributed by atoms with Crippen molar-refractivity contribution in [3.8, 4) is 17.5 Å². The fourth-order valence-corrected chi connectivity index (χ4v) is 2.39. The highest BCUT2D eigenvalue weighted by Gasteiger charge is 2.14. The summed E-state index contributed by atoms with van der Waals surface area (Å²) < 4.78 is 24.3. The Labute approximate surface area is 156 Å². The molecule has 0 saturated heterocycles. The monoisotopic (exact) mass is 367 g/mol. The van der Waals surface area contributed by atoms with Gasteiger partial charge < -0.3 is 14.8 Å². The van der Waals surface area contributed by atoms with Crippen molar-refractivity contribution in [1.29, 1.82) is 0 Å². The van der Waals surface area contributed by atoms with E-state index in [0.717, 1.165) is 0 Å². The van der Waals surface area contributed by atoms with Crippen molar-refractivity contribution < 1.29 is 18.7 Å². The number of halogens is 1. The number of anilines is 1. The molecule has 0 aliphatic rings. The number of ether oxygens (including phenoxy) is 2. The van der Waals surface area contributed by atoms with Crippen LogP contribution < -0.4 is 14.8 Å². The first-order valence-corrected chi connectivity index (χ1v) is 8.28. The highest BCUT2D eigenvalue weighted by atomic mass is 19.1. The standard InChI is InChI=1S/C20H18FN3O3/c1-13-19(24-18(25)12-26-17-11-7-6-10-16(17)21)14(2)23-20(22-13)27-15-8-4-3-5-9-15/h3-11H,12H2,1-2H3,(H,24,25). The van der Waals surface area contributed by atoms with Crippen LogP contribution in [-0.2, 0) is 4.79 Å². The molecule has 0 spiro atoms. The van der Waals surface area contributed by atoms with Gasteiger partial charge in [0, 0.05) is 0 Å². The molecule has 2 aromatic carbocycles. The molecule has 0 aliphatic carbocycles. The van der Waals surface area contributed by atoms with Crippen molar-refractivity contribution in [2.75, 3.05) is 11.9 Å². The van der Waals surface area contributed by atoms with Crippen molar-refractivity contribution in [3.63, 3.8) is 0 Å². The second kappa shape index (κ2) is 8.27. The van der Waals surface area contributed by atoms with Gasteiger partial charge in [0.15, 0.2) is 18.2 Å².